The Morgan fingerprint density at radius 2 is 1.07 bits per heavy atom. The summed E-state index contributed by atoms with van der Waals surface area (Å²) >= 11 is 0. The van der Waals surface area contributed by atoms with Crippen LogP contribution in [0.3, 0.4) is 0 Å². The van der Waals surface area contributed by atoms with E-state index >= 15 is 0 Å². The molecule has 9 heteroatoms. The summed E-state index contributed by atoms with van der Waals surface area (Å²) in [6.07, 6.45) is 4.20. The average molecular weight is 738 g/mol. The van der Waals surface area contributed by atoms with E-state index in [4.69, 9.17) is 9.97 Å². The van der Waals surface area contributed by atoms with Gasteiger partial charge in [0.05, 0.1) is 22.8 Å². The van der Waals surface area contributed by atoms with Gasteiger partial charge in [-0.15, -0.1) is 0 Å². The van der Waals surface area contributed by atoms with Crippen LogP contribution in [0.15, 0.2) is 37.4 Å². The second kappa shape index (κ2) is 12.9. The number of fused-ring (bicyclic) bond motifs is 8. The molecule has 5 rings (SSSR count). The number of H-pyrrole nitrogens is 2. The van der Waals surface area contributed by atoms with E-state index in [0.29, 0.717) is 24.2 Å². The normalized spacial score (nSPS) is 12.7. The van der Waals surface area contributed by atoms with Crippen molar-refractivity contribution in [3.63, 3.8) is 0 Å². The van der Waals surface area contributed by atoms with Crippen LogP contribution in [0.4, 0.5) is 0 Å². The molecule has 0 atom stereocenters. The molecule has 8 nitrogen and oxygen atoms in total. The molecular formula is C34H34LuN4O4+3. The van der Waals surface area contributed by atoms with Gasteiger partial charge < -0.3 is 20.2 Å². The number of carbonyl (C=O) groups is 2. The van der Waals surface area contributed by atoms with Crippen molar-refractivity contribution in [1.29, 1.82) is 0 Å². The van der Waals surface area contributed by atoms with Gasteiger partial charge in [0, 0.05) is 46.0 Å². The van der Waals surface area contributed by atoms with Crippen molar-refractivity contribution in [2.45, 2.75) is 53.4 Å². The molecule has 0 saturated heterocycles. The van der Waals surface area contributed by atoms with Gasteiger partial charge in [0.2, 0.25) is 0 Å². The van der Waals surface area contributed by atoms with E-state index < -0.39 is 11.9 Å². The molecule has 0 aromatic carbocycles. The fourth-order valence-corrected chi connectivity index (χ4v) is 5.77. The molecule has 0 saturated carbocycles. The first kappa shape index (κ1) is 32.2. The molecule has 0 amide bonds. The smallest absolute Gasteiger partial charge is 0.481 e. The zero-order chi connectivity index (χ0) is 30.3. The molecule has 43 heavy (non-hydrogen) atoms. The maximum Gasteiger partial charge on any atom is 3.00 e. The Hall–Kier alpha value is -3.75. The van der Waals surface area contributed by atoms with Crippen LogP contribution in [0, 0.1) is 50.7 Å². The monoisotopic (exact) mass is 737 g/mol. The topological polar surface area (TPSA) is 132 Å². The fourth-order valence-electron chi connectivity index (χ4n) is 5.77. The van der Waals surface area contributed by atoms with E-state index in [1.165, 1.54) is 0 Å². The average Bonchev–Trinajstić information content (AvgIpc) is 3.59. The fraction of sp³-hybridized carbons (Fsp3) is 0.235. The van der Waals surface area contributed by atoms with Gasteiger partial charge in [-0.05, 0) is 98.2 Å². The van der Waals surface area contributed by atoms with Gasteiger partial charge in [-0.2, -0.15) is 0 Å². The SMILES string of the molecule is C=Cc1c(C)c2cc3[nH]c(cc4nc(cc5nc(cc1[nH]2)C(C)=C5CCC(=O)O)C(CCC(=O)O)=C4C)c(C)c3C=C.[Lu+3]. The first-order chi connectivity index (χ1) is 20.0. The van der Waals surface area contributed by atoms with Gasteiger partial charge in [0.15, 0.2) is 0 Å². The molecule has 0 radical (unpaired) electrons. The number of nitrogens with zero attached hydrogens (tertiary/aromatic N) is 2. The minimum Gasteiger partial charge on any atom is -0.481 e. The largest absolute Gasteiger partial charge is 3.00 e. The number of hydrogen-bond donors (Lipinski definition) is 4. The molecule has 3 aromatic rings. The number of nitrogens with one attached hydrogen (secondary N) is 2. The Balaban J connectivity index is 0.00000423. The molecule has 2 aliphatic heterocycles. The summed E-state index contributed by atoms with van der Waals surface area (Å²) in [4.78, 5) is 40.0. The number of allylic oxidation sites excluding steroid dienone is 4. The van der Waals surface area contributed by atoms with Crippen LogP contribution in [-0.4, -0.2) is 42.1 Å². The first-order valence-electron chi connectivity index (χ1n) is 13.9. The summed E-state index contributed by atoms with van der Waals surface area (Å²) in [5.41, 5.74) is 13.7. The Kier molecular flexibility index (Phi) is 9.62. The molecule has 0 spiro atoms. The van der Waals surface area contributed by atoms with Crippen LogP contribution in [0.25, 0.3) is 56.5 Å². The van der Waals surface area contributed by atoms with Gasteiger partial charge >= 0.3 is 48.8 Å². The predicted molar refractivity (Wildman–Crippen MR) is 169 cm³/mol. The Morgan fingerprint density at radius 3 is 1.49 bits per heavy atom. The van der Waals surface area contributed by atoms with E-state index in [2.05, 4.69) is 29.2 Å². The summed E-state index contributed by atoms with van der Waals surface area (Å²) in [5.74, 6) is -1.78. The minimum absolute atomic E-state index is 0. The number of hydrogen-bond acceptors (Lipinski definition) is 4. The van der Waals surface area contributed by atoms with Crippen molar-refractivity contribution >= 4 is 68.4 Å². The van der Waals surface area contributed by atoms with Crippen molar-refractivity contribution in [3.8, 4) is 0 Å². The van der Waals surface area contributed by atoms with E-state index in [0.717, 1.165) is 78.0 Å². The van der Waals surface area contributed by atoms with Crippen molar-refractivity contribution in [2.75, 3.05) is 0 Å². The van der Waals surface area contributed by atoms with Gasteiger partial charge in [-0.1, -0.05) is 25.3 Å². The number of rotatable bonds is 8. The zero-order valence-corrected chi connectivity index (χ0v) is 26.2. The van der Waals surface area contributed by atoms with Crippen molar-refractivity contribution < 1.29 is 56.7 Å². The van der Waals surface area contributed by atoms with Gasteiger partial charge in [0.1, 0.15) is 0 Å². The zero-order valence-electron chi connectivity index (χ0n) is 24.6. The summed E-state index contributed by atoms with van der Waals surface area (Å²) in [5, 5.41) is 18.9. The quantitative estimate of drug-likeness (QED) is 0.187. The third kappa shape index (κ3) is 6.17. The molecular weight excluding hydrogens is 703 g/mol. The molecule has 4 N–H and O–H groups in total. The molecule has 5 heterocycles. The van der Waals surface area contributed by atoms with Crippen LogP contribution in [0.1, 0.15) is 84.6 Å². The minimum atomic E-state index is -0.889. The molecule has 3 aromatic heterocycles. The summed E-state index contributed by atoms with van der Waals surface area (Å²) < 4.78 is 0. The molecule has 8 bridgehead atoms. The summed E-state index contributed by atoms with van der Waals surface area (Å²) in [7, 11) is 0. The van der Waals surface area contributed by atoms with E-state index in [1.807, 2.05) is 58.0 Å². The summed E-state index contributed by atoms with van der Waals surface area (Å²) in [6, 6.07) is 7.88. The van der Waals surface area contributed by atoms with Gasteiger partial charge in [0.25, 0.3) is 0 Å². The van der Waals surface area contributed by atoms with Gasteiger partial charge in [-0.3, -0.25) is 9.59 Å². The molecule has 226 valence electrons. The molecule has 0 aliphatic carbocycles. The van der Waals surface area contributed by atoms with Crippen LogP contribution < -0.4 is 0 Å². The number of carboxylic acid groups (broad SMARTS) is 2. The number of carboxylic acids is 2. The third-order valence-corrected chi connectivity index (χ3v) is 8.22. The Labute approximate surface area is 279 Å². The molecule has 2 aliphatic rings. The number of aryl methyl sites for hydroxylation is 2. The third-order valence-electron chi connectivity index (χ3n) is 8.22. The molecule has 0 unspecified atom stereocenters. The second-order valence-corrected chi connectivity index (χ2v) is 10.7. The summed E-state index contributed by atoms with van der Waals surface area (Å²) in [6.45, 7) is 16.1. The van der Waals surface area contributed by atoms with E-state index in [1.54, 1.807) is 0 Å². The van der Waals surface area contributed by atoms with E-state index in [-0.39, 0.29) is 49.7 Å². The number of aliphatic carboxylic acids is 2. The number of aromatic nitrogens is 4. The van der Waals surface area contributed by atoms with Crippen LogP contribution >= 0.6 is 0 Å². The predicted octanol–water partition coefficient (Wildman–Crippen LogP) is 7.81. The standard InChI is InChI=1S/C34H34N4O4.Lu/c1-7-21-17(3)25-13-26-19(5)23(9-11-33(39)40)31(37-26)16-32-24(10-12-34(41)42)20(6)28(38-32)15-30-22(8-2)18(4)27(36-30)14-29(21)35-25;/h7-8,13-16,35-36H,1-2,9-12H2,3-6H3,(H,39,40)(H,41,42);/q;+3. The van der Waals surface area contributed by atoms with Crippen LogP contribution in [-0.2, 0) is 9.59 Å². The molecule has 0 fully saturated rings. The second-order valence-electron chi connectivity index (χ2n) is 10.7. The Morgan fingerprint density at radius 1 is 0.674 bits per heavy atom. The van der Waals surface area contributed by atoms with Gasteiger partial charge in [-0.25, -0.2) is 9.97 Å². The maximum atomic E-state index is 11.5. The number of aromatic amines is 2. The first-order valence-corrected chi connectivity index (χ1v) is 13.9. The van der Waals surface area contributed by atoms with Crippen molar-refractivity contribution in [1.82, 2.24) is 19.9 Å². The van der Waals surface area contributed by atoms with E-state index in [9.17, 15) is 19.8 Å². The van der Waals surface area contributed by atoms with Crippen LogP contribution in [0.2, 0.25) is 0 Å². The maximum absolute atomic E-state index is 11.5. The van der Waals surface area contributed by atoms with Crippen molar-refractivity contribution in [3.05, 3.63) is 82.5 Å². The van der Waals surface area contributed by atoms with Crippen molar-refractivity contribution in [2.24, 2.45) is 0 Å². The Bertz CT molecular complexity index is 1920. The van der Waals surface area contributed by atoms with Crippen LogP contribution in [0.5, 0.6) is 0 Å².